The molecular weight excluding hydrogens is 513 g/mol. The van der Waals surface area contributed by atoms with Crippen molar-refractivity contribution in [2.24, 2.45) is 0 Å². The van der Waals surface area contributed by atoms with E-state index in [1.165, 1.54) is 0 Å². The van der Waals surface area contributed by atoms with Gasteiger partial charge in [-0.15, -0.1) is 0 Å². The molecule has 1 unspecified atom stereocenters. The third-order valence-corrected chi connectivity index (χ3v) is 7.26. The summed E-state index contributed by atoms with van der Waals surface area (Å²) in [7, 11) is 0. The Hall–Kier alpha value is -4.93. The van der Waals surface area contributed by atoms with Gasteiger partial charge in [-0.05, 0) is 46.7 Å². The number of aliphatic hydroxyl groups is 1. The third-order valence-electron chi connectivity index (χ3n) is 6.58. The Kier molecular flexibility index (Phi) is 5.61. The molecule has 1 atom stereocenters. The monoisotopic (exact) mass is 533 g/mol. The van der Waals surface area contributed by atoms with Crippen molar-refractivity contribution in [1.82, 2.24) is 30.1 Å². The highest BCUT2D eigenvalue weighted by atomic mass is 32.1. The molecule has 0 spiro atoms. The molecule has 2 aromatic carbocycles. The highest BCUT2D eigenvalue weighted by Gasteiger charge is 2.21. The summed E-state index contributed by atoms with van der Waals surface area (Å²) in [6, 6.07) is 18.4. The van der Waals surface area contributed by atoms with Gasteiger partial charge in [0, 0.05) is 34.6 Å². The summed E-state index contributed by atoms with van der Waals surface area (Å²) >= 11 is 1.60. The number of aromatic nitrogens is 6. The number of aromatic amines is 2. The van der Waals surface area contributed by atoms with Crippen LogP contribution in [0.4, 0.5) is 10.1 Å². The standard InChI is InChI=1S/C29H20FN7OS/c30-24-20(18-12-19(14-31-13-18)33-29(38)16-4-2-1-3-5-16)6-7-22-23(24)26(37-36-22)28-34-25-21(17-9-11-39-15-17)8-10-32-27(25)35-28/h1-15,29,33,38H,(H,36,37)(H,32,34,35). The fourth-order valence-corrected chi connectivity index (χ4v) is 5.34. The Morgan fingerprint density at radius 2 is 1.87 bits per heavy atom. The number of rotatable bonds is 6. The summed E-state index contributed by atoms with van der Waals surface area (Å²) in [5, 5.41) is 25.3. The van der Waals surface area contributed by atoms with E-state index in [0.717, 1.165) is 11.1 Å². The first-order valence-electron chi connectivity index (χ1n) is 12.1. The molecule has 0 amide bonds. The normalized spacial score (nSPS) is 12.3. The summed E-state index contributed by atoms with van der Waals surface area (Å²) < 4.78 is 16.1. The van der Waals surface area contributed by atoms with E-state index in [1.807, 2.05) is 47.8 Å². The van der Waals surface area contributed by atoms with Gasteiger partial charge in [0.25, 0.3) is 0 Å². The number of halogens is 1. The zero-order valence-corrected chi connectivity index (χ0v) is 21.1. The lowest BCUT2D eigenvalue weighted by Crippen LogP contribution is -2.09. The van der Waals surface area contributed by atoms with Gasteiger partial charge in [-0.1, -0.05) is 30.3 Å². The predicted molar refractivity (Wildman–Crippen MR) is 151 cm³/mol. The molecule has 10 heteroatoms. The van der Waals surface area contributed by atoms with Gasteiger partial charge in [0.2, 0.25) is 0 Å². The van der Waals surface area contributed by atoms with E-state index in [4.69, 9.17) is 4.98 Å². The number of benzene rings is 2. The van der Waals surface area contributed by atoms with Crippen molar-refractivity contribution in [3.63, 3.8) is 0 Å². The van der Waals surface area contributed by atoms with E-state index < -0.39 is 12.0 Å². The van der Waals surface area contributed by atoms with Gasteiger partial charge >= 0.3 is 0 Å². The maximum Gasteiger partial charge on any atom is 0.161 e. The largest absolute Gasteiger partial charge is 0.369 e. The highest BCUT2D eigenvalue weighted by Crippen LogP contribution is 2.36. The number of pyridine rings is 2. The molecule has 190 valence electrons. The van der Waals surface area contributed by atoms with Crippen molar-refractivity contribution >= 4 is 39.1 Å². The molecule has 4 N–H and O–H groups in total. The van der Waals surface area contributed by atoms with E-state index in [-0.39, 0.29) is 0 Å². The Labute approximate surface area is 225 Å². The quantitative estimate of drug-likeness (QED) is 0.181. The lowest BCUT2D eigenvalue weighted by atomic mass is 10.0. The molecule has 0 saturated heterocycles. The average Bonchev–Trinajstić information content (AvgIpc) is 3.73. The van der Waals surface area contributed by atoms with Crippen LogP contribution in [0, 0.1) is 5.82 Å². The Morgan fingerprint density at radius 1 is 0.974 bits per heavy atom. The molecule has 0 radical (unpaired) electrons. The van der Waals surface area contributed by atoms with Crippen LogP contribution in [-0.4, -0.2) is 35.2 Å². The van der Waals surface area contributed by atoms with Crippen molar-refractivity contribution in [2.45, 2.75) is 6.23 Å². The Balaban J connectivity index is 1.28. The second kappa shape index (κ2) is 9.43. The number of H-pyrrole nitrogens is 2. The molecule has 7 aromatic rings. The van der Waals surface area contributed by atoms with Crippen LogP contribution in [-0.2, 0) is 0 Å². The zero-order chi connectivity index (χ0) is 26.3. The maximum absolute atomic E-state index is 16.1. The number of anilines is 1. The number of fused-ring (bicyclic) bond motifs is 2. The summed E-state index contributed by atoms with van der Waals surface area (Å²) in [5.74, 6) is -0.0349. The minimum absolute atomic E-state index is 0.311. The molecule has 7 rings (SSSR count). The summed E-state index contributed by atoms with van der Waals surface area (Å²) in [6.45, 7) is 0. The van der Waals surface area contributed by atoms with Crippen molar-refractivity contribution in [3.05, 3.63) is 101 Å². The van der Waals surface area contributed by atoms with Crippen LogP contribution in [0.3, 0.4) is 0 Å². The third kappa shape index (κ3) is 4.12. The number of thiophene rings is 1. The van der Waals surface area contributed by atoms with Crippen LogP contribution < -0.4 is 5.32 Å². The smallest absolute Gasteiger partial charge is 0.161 e. The van der Waals surface area contributed by atoms with Crippen molar-refractivity contribution < 1.29 is 9.50 Å². The van der Waals surface area contributed by atoms with Crippen molar-refractivity contribution in [1.29, 1.82) is 0 Å². The topological polar surface area (TPSA) is 115 Å². The van der Waals surface area contributed by atoms with Gasteiger partial charge in [-0.3, -0.25) is 10.1 Å². The first-order valence-corrected chi connectivity index (χ1v) is 13.1. The molecule has 5 heterocycles. The van der Waals surface area contributed by atoms with E-state index in [0.29, 0.717) is 56.0 Å². The molecule has 5 aromatic heterocycles. The van der Waals surface area contributed by atoms with E-state index >= 15 is 4.39 Å². The molecule has 0 fully saturated rings. The fourth-order valence-electron chi connectivity index (χ4n) is 4.68. The number of aliphatic hydroxyl groups excluding tert-OH is 1. The minimum atomic E-state index is -0.934. The number of hydrogen-bond acceptors (Lipinski definition) is 7. The van der Waals surface area contributed by atoms with Gasteiger partial charge < -0.3 is 15.4 Å². The number of imidazole rings is 1. The number of nitrogens with zero attached hydrogens (tertiary/aromatic N) is 4. The van der Waals surface area contributed by atoms with Gasteiger partial charge in [0.05, 0.1) is 22.8 Å². The van der Waals surface area contributed by atoms with Gasteiger partial charge in [0.1, 0.15) is 17.0 Å². The van der Waals surface area contributed by atoms with Crippen LogP contribution >= 0.6 is 11.3 Å². The fraction of sp³-hybridized carbons (Fsp3) is 0.0345. The second-order valence-corrected chi connectivity index (χ2v) is 9.77. The van der Waals surface area contributed by atoms with E-state index in [9.17, 15) is 5.11 Å². The lowest BCUT2D eigenvalue weighted by molar-refractivity contribution is 0.208. The first-order chi connectivity index (χ1) is 19.2. The van der Waals surface area contributed by atoms with Crippen LogP contribution in [0.15, 0.2) is 90.0 Å². The van der Waals surface area contributed by atoms with Crippen molar-refractivity contribution in [2.75, 3.05) is 5.32 Å². The van der Waals surface area contributed by atoms with E-state index in [2.05, 4.69) is 35.8 Å². The van der Waals surface area contributed by atoms with Crippen molar-refractivity contribution in [3.8, 4) is 33.8 Å². The Morgan fingerprint density at radius 3 is 2.72 bits per heavy atom. The molecule has 0 aliphatic rings. The summed E-state index contributed by atoms with van der Waals surface area (Å²) in [4.78, 5) is 16.7. The average molecular weight is 534 g/mol. The predicted octanol–water partition coefficient (Wildman–Crippen LogP) is 6.53. The molecule has 0 bridgehead atoms. The molecule has 39 heavy (non-hydrogen) atoms. The van der Waals surface area contributed by atoms with Gasteiger partial charge in [-0.2, -0.15) is 16.4 Å². The van der Waals surface area contributed by atoms with Crippen LogP contribution in [0.5, 0.6) is 0 Å². The van der Waals surface area contributed by atoms with Crippen LogP contribution in [0.25, 0.3) is 55.8 Å². The van der Waals surface area contributed by atoms with Gasteiger partial charge in [0.15, 0.2) is 17.7 Å². The minimum Gasteiger partial charge on any atom is -0.369 e. The summed E-state index contributed by atoms with van der Waals surface area (Å²) in [5.41, 5.74) is 6.35. The lowest BCUT2D eigenvalue weighted by Gasteiger charge is -2.15. The maximum atomic E-state index is 16.1. The Bertz CT molecular complexity index is 1930. The second-order valence-electron chi connectivity index (χ2n) is 8.99. The van der Waals surface area contributed by atoms with E-state index in [1.54, 1.807) is 48.1 Å². The number of nitrogens with one attached hydrogen (secondary N) is 3. The van der Waals surface area contributed by atoms with Gasteiger partial charge in [-0.25, -0.2) is 14.4 Å². The molecule has 0 saturated carbocycles. The highest BCUT2D eigenvalue weighted by molar-refractivity contribution is 7.08. The summed E-state index contributed by atoms with van der Waals surface area (Å²) in [6.07, 6.45) is 3.96. The molecule has 8 nitrogen and oxygen atoms in total. The number of hydrogen-bond donors (Lipinski definition) is 4. The molecule has 0 aliphatic heterocycles. The van der Waals surface area contributed by atoms with Crippen LogP contribution in [0.1, 0.15) is 11.8 Å². The van der Waals surface area contributed by atoms with Crippen LogP contribution in [0.2, 0.25) is 0 Å². The SMILES string of the molecule is OC(Nc1cncc(-c2ccc3[nH]nc(-c4nc5c(-c6ccsc6)ccnc5[nH]4)c3c2F)c1)c1ccccc1. The molecule has 0 aliphatic carbocycles. The zero-order valence-electron chi connectivity index (χ0n) is 20.3. The molecular formula is C29H20FN7OS. The first kappa shape index (κ1) is 23.2.